The summed E-state index contributed by atoms with van der Waals surface area (Å²) in [7, 11) is 0. The van der Waals surface area contributed by atoms with Crippen molar-refractivity contribution in [3.8, 4) is 0 Å². The SMILES string of the molecule is CC(C)N1CCN=C1NCCF. The van der Waals surface area contributed by atoms with Gasteiger partial charge in [-0.2, -0.15) is 0 Å². The van der Waals surface area contributed by atoms with Gasteiger partial charge in [0.25, 0.3) is 0 Å². The third-order valence-corrected chi connectivity index (χ3v) is 1.88. The Labute approximate surface area is 72.7 Å². The summed E-state index contributed by atoms with van der Waals surface area (Å²) in [5.74, 6) is 0.850. The Bertz CT molecular complexity index is 168. The van der Waals surface area contributed by atoms with Crippen molar-refractivity contribution >= 4 is 5.96 Å². The van der Waals surface area contributed by atoms with Gasteiger partial charge in [-0.1, -0.05) is 0 Å². The highest BCUT2D eigenvalue weighted by atomic mass is 19.1. The number of aliphatic imine (C=N–C) groups is 1. The average molecular weight is 173 g/mol. The van der Waals surface area contributed by atoms with Crippen molar-refractivity contribution in [2.24, 2.45) is 4.99 Å². The van der Waals surface area contributed by atoms with Crippen molar-refractivity contribution in [3.05, 3.63) is 0 Å². The summed E-state index contributed by atoms with van der Waals surface area (Å²) < 4.78 is 11.8. The van der Waals surface area contributed by atoms with Crippen LogP contribution in [0.5, 0.6) is 0 Å². The topological polar surface area (TPSA) is 27.6 Å². The molecule has 3 nitrogen and oxygen atoms in total. The maximum atomic E-state index is 11.8. The van der Waals surface area contributed by atoms with Crippen molar-refractivity contribution in [2.75, 3.05) is 26.3 Å². The van der Waals surface area contributed by atoms with E-state index in [4.69, 9.17) is 0 Å². The molecular weight excluding hydrogens is 157 g/mol. The zero-order valence-electron chi connectivity index (χ0n) is 7.68. The number of alkyl halides is 1. The molecule has 0 saturated carbocycles. The van der Waals surface area contributed by atoms with Gasteiger partial charge in [-0.05, 0) is 13.8 Å². The Morgan fingerprint density at radius 1 is 1.67 bits per heavy atom. The standard InChI is InChI=1S/C8H16FN3/c1-7(2)12-6-5-11-8(12)10-4-3-9/h7H,3-6H2,1-2H3,(H,10,11). The van der Waals surface area contributed by atoms with E-state index in [0.29, 0.717) is 12.6 Å². The van der Waals surface area contributed by atoms with Crippen LogP contribution in [0.4, 0.5) is 4.39 Å². The van der Waals surface area contributed by atoms with Gasteiger partial charge >= 0.3 is 0 Å². The molecule has 0 aromatic heterocycles. The number of nitrogens with one attached hydrogen (secondary N) is 1. The number of halogens is 1. The number of hydrogen-bond donors (Lipinski definition) is 1. The lowest BCUT2D eigenvalue weighted by Crippen LogP contribution is -2.43. The van der Waals surface area contributed by atoms with Crippen LogP contribution >= 0.6 is 0 Å². The molecule has 0 fully saturated rings. The first-order valence-electron chi connectivity index (χ1n) is 4.36. The Morgan fingerprint density at radius 2 is 2.42 bits per heavy atom. The molecule has 4 heteroatoms. The molecule has 0 bridgehead atoms. The Hall–Kier alpha value is -0.800. The fraction of sp³-hybridized carbons (Fsp3) is 0.875. The van der Waals surface area contributed by atoms with E-state index in [2.05, 4.69) is 29.1 Å². The predicted molar refractivity (Wildman–Crippen MR) is 48.1 cm³/mol. The molecule has 1 N–H and O–H groups in total. The van der Waals surface area contributed by atoms with Crippen molar-refractivity contribution in [1.82, 2.24) is 10.2 Å². The van der Waals surface area contributed by atoms with Crippen LogP contribution in [-0.4, -0.2) is 43.2 Å². The average Bonchev–Trinajstić information content (AvgIpc) is 2.48. The van der Waals surface area contributed by atoms with E-state index in [9.17, 15) is 4.39 Å². The zero-order valence-corrected chi connectivity index (χ0v) is 7.68. The molecule has 0 saturated heterocycles. The highest BCUT2D eigenvalue weighted by Crippen LogP contribution is 2.04. The third kappa shape index (κ3) is 2.09. The molecule has 0 radical (unpaired) electrons. The minimum atomic E-state index is -0.342. The molecule has 0 amide bonds. The minimum Gasteiger partial charge on any atom is -0.354 e. The highest BCUT2D eigenvalue weighted by molar-refractivity contribution is 5.81. The van der Waals surface area contributed by atoms with E-state index in [1.54, 1.807) is 0 Å². The molecule has 0 aromatic rings. The van der Waals surface area contributed by atoms with Gasteiger partial charge in [-0.3, -0.25) is 4.99 Å². The second-order valence-electron chi connectivity index (χ2n) is 3.11. The van der Waals surface area contributed by atoms with E-state index < -0.39 is 0 Å². The summed E-state index contributed by atoms with van der Waals surface area (Å²) in [6.07, 6.45) is 0. The minimum absolute atomic E-state index is 0.342. The largest absolute Gasteiger partial charge is 0.354 e. The van der Waals surface area contributed by atoms with E-state index in [1.807, 2.05) is 0 Å². The lowest BCUT2D eigenvalue weighted by molar-refractivity contribution is 0.366. The van der Waals surface area contributed by atoms with Crippen molar-refractivity contribution < 1.29 is 4.39 Å². The summed E-state index contributed by atoms with van der Waals surface area (Å²) in [5, 5.41) is 2.96. The predicted octanol–water partition coefficient (Wildman–Crippen LogP) is 0.625. The second-order valence-corrected chi connectivity index (χ2v) is 3.11. The molecule has 1 heterocycles. The van der Waals surface area contributed by atoms with Crippen LogP contribution in [0, 0.1) is 0 Å². The maximum Gasteiger partial charge on any atom is 0.194 e. The molecule has 0 spiro atoms. The smallest absolute Gasteiger partial charge is 0.194 e. The summed E-state index contributed by atoms with van der Waals surface area (Å²) in [5.41, 5.74) is 0. The van der Waals surface area contributed by atoms with Gasteiger partial charge in [0.2, 0.25) is 0 Å². The molecule has 0 atom stereocenters. The molecule has 1 aliphatic heterocycles. The summed E-state index contributed by atoms with van der Waals surface area (Å²) >= 11 is 0. The van der Waals surface area contributed by atoms with Crippen LogP contribution in [0.3, 0.4) is 0 Å². The Morgan fingerprint density at radius 3 is 3.00 bits per heavy atom. The van der Waals surface area contributed by atoms with Gasteiger partial charge in [0.05, 0.1) is 6.54 Å². The van der Waals surface area contributed by atoms with Gasteiger partial charge in [0.1, 0.15) is 6.67 Å². The molecule has 1 aliphatic rings. The van der Waals surface area contributed by atoms with Gasteiger partial charge in [-0.25, -0.2) is 4.39 Å². The number of hydrogen-bond acceptors (Lipinski definition) is 3. The van der Waals surface area contributed by atoms with Crippen molar-refractivity contribution in [1.29, 1.82) is 0 Å². The summed E-state index contributed by atoms with van der Waals surface area (Å²) in [6.45, 7) is 6.02. The van der Waals surface area contributed by atoms with E-state index in [0.717, 1.165) is 19.0 Å². The zero-order chi connectivity index (χ0) is 8.97. The number of nitrogens with zero attached hydrogens (tertiary/aromatic N) is 2. The Kier molecular flexibility index (Phi) is 3.31. The molecule has 0 aromatic carbocycles. The third-order valence-electron chi connectivity index (χ3n) is 1.88. The first kappa shape index (κ1) is 9.29. The second kappa shape index (κ2) is 4.28. The maximum absolute atomic E-state index is 11.8. The van der Waals surface area contributed by atoms with Gasteiger partial charge in [0, 0.05) is 19.1 Å². The normalized spacial score (nSPS) is 17.0. The lowest BCUT2D eigenvalue weighted by Gasteiger charge is -2.24. The summed E-state index contributed by atoms with van der Waals surface area (Å²) in [6, 6.07) is 0.443. The van der Waals surface area contributed by atoms with E-state index in [-0.39, 0.29) is 6.67 Å². The molecular formula is C8H16FN3. The number of rotatable bonds is 3. The lowest BCUT2D eigenvalue weighted by atomic mass is 10.3. The van der Waals surface area contributed by atoms with Crippen LogP contribution in [0.1, 0.15) is 13.8 Å². The fourth-order valence-electron chi connectivity index (χ4n) is 1.28. The number of guanidine groups is 1. The highest BCUT2D eigenvalue weighted by Gasteiger charge is 2.18. The first-order chi connectivity index (χ1) is 5.75. The van der Waals surface area contributed by atoms with Crippen LogP contribution in [-0.2, 0) is 0 Å². The van der Waals surface area contributed by atoms with Crippen molar-refractivity contribution in [3.63, 3.8) is 0 Å². The quantitative estimate of drug-likeness (QED) is 0.677. The molecule has 70 valence electrons. The molecule has 0 unspecified atom stereocenters. The van der Waals surface area contributed by atoms with Crippen LogP contribution in [0.15, 0.2) is 4.99 Å². The Balaban J connectivity index is 2.40. The molecule has 1 rings (SSSR count). The van der Waals surface area contributed by atoms with Gasteiger partial charge < -0.3 is 10.2 Å². The monoisotopic (exact) mass is 173 g/mol. The fourth-order valence-corrected chi connectivity index (χ4v) is 1.28. The van der Waals surface area contributed by atoms with Crippen LogP contribution < -0.4 is 5.32 Å². The van der Waals surface area contributed by atoms with E-state index in [1.165, 1.54) is 0 Å². The van der Waals surface area contributed by atoms with Gasteiger partial charge in [0.15, 0.2) is 5.96 Å². The molecule has 12 heavy (non-hydrogen) atoms. The van der Waals surface area contributed by atoms with Crippen molar-refractivity contribution in [2.45, 2.75) is 19.9 Å². The molecule has 0 aliphatic carbocycles. The van der Waals surface area contributed by atoms with Crippen LogP contribution in [0.2, 0.25) is 0 Å². The van der Waals surface area contributed by atoms with Gasteiger partial charge in [-0.15, -0.1) is 0 Å². The first-order valence-corrected chi connectivity index (χ1v) is 4.36. The summed E-state index contributed by atoms with van der Waals surface area (Å²) in [4.78, 5) is 6.39. The van der Waals surface area contributed by atoms with Crippen LogP contribution in [0.25, 0.3) is 0 Å². The van der Waals surface area contributed by atoms with E-state index >= 15 is 0 Å².